The number of rotatable bonds is 5. The van der Waals surface area contributed by atoms with Crippen molar-refractivity contribution in [3.63, 3.8) is 0 Å². The molecule has 18 heavy (non-hydrogen) atoms. The van der Waals surface area contributed by atoms with Crippen LogP contribution < -0.4 is 5.73 Å². The van der Waals surface area contributed by atoms with E-state index >= 15 is 0 Å². The summed E-state index contributed by atoms with van der Waals surface area (Å²) in [4.78, 5) is 5.31. The molecular weight excluding hydrogens is 222 g/mol. The molecule has 2 aliphatic rings. The second-order valence-corrected chi connectivity index (χ2v) is 6.35. The molecule has 2 saturated heterocycles. The van der Waals surface area contributed by atoms with Gasteiger partial charge >= 0.3 is 0 Å². The van der Waals surface area contributed by atoms with Crippen LogP contribution in [0, 0.1) is 5.92 Å². The van der Waals surface area contributed by atoms with E-state index in [0.29, 0.717) is 12.0 Å². The second-order valence-electron chi connectivity index (χ2n) is 6.35. The maximum Gasteiger partial charge on any atom is 0.0235 e. The Balaban J connectivity index is 1.74. The Kier molecular flexibility index (Phi) is 5.46. The van der Waals surface area contributed by atoms with Crippen LogP contribution >= 0.6 is 0 Å². The molecule has 2 aliphatic heterocycles. The minimum atomic E-state index is 0.357. The van der Waals surface area contributed by atoms with Crippen LogP contribution in [0.3, 0.4) is 0 Å². The fourth-order valence-electron chi connectivity index (χ4n) is 3.34. The van der Waals surface area contributed by atoms with E-state index in [4.69, 9.17) is 5.73 Å². The van der Waals surface area contributed by atoms with Gasteiger partial charge in [0.2, 0.25) is 0 Å². The van der Waals surface area contributed by atoms with Crippen molar-refractivity contribution in [1.82, 2.24) is 9.80 Å². The van der Waals surface area contributed by atoms with E-state index < -0.39 is 0 Å². The van der Waals surface area contributed by atoms with Gasteiger partial charge in [-0.2, -0.15) is 0 Å². The Morgan fingerprint density at radius 1 is 1.17 bits per heavy atom. The van der Waals surface area contributed by atoms with Crippen molar-refractivity contribution in [2.24, 2.45) is 11.7 Å². The molecule has 3 unspecified atom stereocenters. The standard InChI is InChI=1S/C15H31N3/c1-3-13(2)15(16)12-17-10-7-14(11-17)18-8-5-4-6-9-18/h13-15H,3-12,16H2,1-2H3. The molecular formula is C15H31N3. The highest BCUT2D eigenvalue weighted by molar-refractivity contribution is 4.86. The summed E-state index contributed by atoms with van der Waals surface area (Å²) in [6.07, 6.45) is 6.80. The third-order valence-electron chi connectivity index (χ3n) is 5.00. The predicted octanol–water partition coefficient (Wildman–Crippen LogP) is 1.92. The average molecular weight is 253 g/mol. The summed E-state index contributed by atoms with van der Waals surface area (Å²) >= 11 is 0. The zero-order chi connectivity index (χ0) is 13.0. The van der Waals surface area contributed by atoms with Gasteiger partial charge in [0.15, 0.2) is 0 Å². The van der Waals surface area contributed by atoms with Gasteiger partial charge in [0.25, 0.3) is 0 Å². The lowest BCUT2D eigenvalue weighted by molar-refractivity contribution is 0.159. The molecule has 0 amide bonds. The van der Waals surface area contributed by atoms with Crippen LogP contribution in [0.4, 0.5) is 0 Å². The van der Waals surface area contributed by atoms with Gasteiger partial charge in [-0.1, -0.05) is 26.7 Å². The third kappa shape index (κ3) is 3.69. The summed E-state index contributed by atoms with van der Waals surface area (Å²) < 4.78 is 0. The average Bonchev–Trinajstić information content (AvgIpc) is 2.87. The molecule has 106 valence electrons. The quantitative estimate of drug-likeness (QED) is 0.812. The van der Waals surface area contributed by atoms with Gasteiger partial charge in [0.1, 0.15) is 0 Å². The molecule has 2 fully saturated rings. The van der Waals surface area contributed by atoms with Crippen molar-refractivity contribution < 1.29 is 0 Å². The minimum Gasteiger partial charge on any atom is -0.326 e. The van der Waals surface area contributed by atoms with E-state index in [1.54, 1.807) is 0 Å². The van der Waals surface area contributed by atoms with Crippen molar-refractivity contribution >= 4 is 0 Å². The van der Waals surface area contributed by atoms with Crippen LogP contribution in [0.15, 0.2) is 0 Å². The molecule has 0 bridgehead atoms. The van der Waals surface area contributed by atoms with Crippen LogP contribution in [0.25, 0.3) is 0 Å². The highest BCUT2D eigenvalue weighted by Crippen LogP contribution is 2.20. The van der Waals surface area contributed by atoms with Gasteiger partial charge in [-0.15, -0.1) is 0 Å². The first-order valence-electron chi connectivity index (χ1n) is 7.92. The first-order valence-corrected chi connectivity index (χ1v) is 7.92. The number of piperidine rings is 1. The van der Waals surface area contributed by atoms with E-state index in [1.165, 1.54) is 58.3 Å². The number of likely N-dealkylation sites (tertiary alicyclic amines) is 2. The number of hydrogen-bond donors (Lipinski definition) is 1. The molecule has 0 aliphatic carbocycles. The topological polar surface area (TPSA) is 32.5 Å². The molecule has 0 saturated carbocycles. The molecule has 3 nitrogen and oxygen atoms in total. The number of nitrogens with zero attached hydrogens (tertiary/aromatic N) is 2. The Labute approximate surface area is 113 Å². The summed E-state index contributed by atoms with van der Waals surface area (Å²) in [6, 6.07) is 1.17. The maximum atomic E-state index is 6.28. The zero-order valence-corrected chi connectivity index (χ0v) is 12.3. The summed E-state index contributed by atoms with van der Waals surface area (Å²) in [5.41, 5.74) is 6.28. The lowest BCUT2D eigenvalue weighted by atomic mass is 10.00. The molecule has 0 spiro atoms. The Hall–Kier alpha value is -0.120. The van der Waals surface area contributed by atoms with Crippen molar-refractivity contribution in [3.8, 4) is 0 Å². The molecule has 2 rings (SSSR count). The molecule has 2 heterocycles. The van der Waals surface area contributed by atoms with Gasteiger partial charge in [0, 0.05) is 25.2 Å². The van der Waals surface area contributed by atoms with Crippen LogP contribution in [0.2, 0.25) is 0 Å². The Morgan fingerprint density at radius 2 is 1.89 bits per heavy atom. The molecule has 2 N–H and O–H groups in total. The van der Waals surface area contributed by atoms with E-state index in [-0.39, 0.29) is 0 Å². The van der Waals surface area contributed by atoms with E-state index in [9.17, 15) is 0 Å². The fourth-order valence-corrected chi connectivity index (χ4v) is 3.34. The van der Waals surface area contributed by atoms with Crippen molar-refractivity contribution in [2.45, 2.75) is 58.0 Å². The smallest absolute Gasteiger partial charge is 0.0235 e. The summed E-state index contributed by atoms with van der Waals surface area (Å²) in [5.74, 6) is 0.652. The number of hydrogen-bond acceptors (Lipinski definition) is 3. The minimum absolute atomic E-state index is 0.357. The lowest BCUT2D eigenvalue weighted by Crippen LogP contribution is -2.44. The maximum absolute atomic E-state index is 6.28. The van der Waals surface area contributed by atoms with Crippen molar-refractivity contribution in [1.29, 1.82) is 0 Å². The van der Waals surface area contributed by atoms with Gasteiger partial charge in [0.05, 0.1) is 0 Å². The predicted molar refractivity (Wildman–Crippen MR) is 77.7 cm³/mol. The molecule has 3 atom stereocenters. The first-order chi connectivity index (χ1) is 8.70. The van der Waals surface area contributed by atoms with Crippen LogP contribution in [0.5, 0.6) is 0 Å². The van der Waals surface area contributed by atoms with Crippen LogP contribution in [0.1, 0.15) is 46.0 Å². The highest BCUT2D eigenvalue weighted by atomic mass is 15.3. The summed E-state index contributed by atoms with van der Waals surface area (Å²) in [6.45, 7) is 10.8. The zero-order valence-electron chi connectivity index (χ0n) is 12.3. The molecule has 0 aromatic rings. The van der Waals surface area contributed by atoms with E-state index in [0.717, 1.165) is 12.6 Å². The van der Waals surface area contributed by atoms with Crippen molar-refractivity contribution in [2.75, 3.05) is 32.7 Å². The fraction of sp³-hybridized carbons (Fsp3) is 1.00. The summed E-state index contributed by atoms with van der Waals surface area (Å²) in [7, 11) is 0. The van der Waals surface area contributed by atoms with Gasteiger partial charge < -0.3 is 10.6 Å². The van der Waals surface area contributed by atoms with Crippen LogP contribution in [-0.4, -0.2) is 54.6 Å². The van der Waals surface area contributed by atoms with Gasteiger partial charge in [-0.05, 0) is 44.8 Å². The Morgan fingerprint density at radius 3 is 2.56 bits per heavy atom. The third-order valence-corrected chi connectivity index (χ3v) is 5.00. The molecule has 0 aromatic heterocycles. The molecule has 0 aromatic carbocycles. The van der Waals surface area contributed by atoms with Crippen LogP contribution in [-0.2, 0) is 0 Å². The van der Waals surface area contributed by atoms with Gasteiger partial charge in [-0.25, -0.2) is 0 Å². The largest absolute Gasteiger partial charge is 0.326 e. The van der Waals surface area contributed by atoms with E-state index in [2.05, 4.69) is 23.6 Å². The number of nitrogens with two attached hydrogens (primary N) is 1. The highest BCUT2D eigenvalue weighted by Gasteiger charge is 2.29. The monoisotopic (exact) mass is 253 g/mol. The lowest BCUT2D eigenvalue weighted by Gasteiger charge is -2.32. The molecule has 0 radical (unpaired) electrons. The van der Waals surface area contributed by atoms with E-state index in [1.807, 2.05) is 0 Å². The summed E-state index contributed by atoms with van der Waals surface area (Å²) in [5, 5.41) is 0. The second kappa shape index (κ2) is 6.88. The first kappa shape index (κ1) is 14.3. The van der Waals surface area contributed by atoms with Crippen molar-refractivity contribution in [3.05, 3.63) is 0 Å². The SMILES string of the molecule is CCC(C)C(N)CN1CCC(N2CCCCC2)C1. The normalized spacial score (nSPS) is 30.5. The Bertz CT molecular complexity index is 238. The van der Waals surface area contributed by atoms with Gasteiger partial charge in [-0.3, -0.25) is 4.90 Å². The molecule has 3 heteroatoms.